The van der Waals surface area contributed by atoms with Gasteiger partial charge in [0.05, 0.1) is 0 Å². The minimum atomic E-state index is -2.53. The van der Waals surface area contributed by atoms with Crippen LogP contribution in [0, 0.1) is 6.92 Å². The van der Waals surface area contributed by atoms with Crippen molar-refractivity contribution >= 4 is 8.80 Å². The fourth-order valence-corrected chi connectivity index (χ4v) is 4.50. The van der Waals surface area contributed by atoms with Crippen molar-refractivity contribution in [2.45, 2.75) is 46.7 Å². The van der Waals surface area contributed by atoms with E-state index in [9.17, 15) is 0 Å². The second-order valence-electron chi connectivity index (χ2n) is 4.03. The number of rotatable bonds is 10. The molecular weight excluding hydrogens is 264 g/mol. The molecule has 1 aromatic heterocycles. The highest BCUT2D eigenvalue weighted by Crippen LogP contribution is 2.18. The summed E-state index contributed by atoms with van der Waals surface area (Å²) in [5, 5.41) is 11.4. The van der Waals surface area contributed by atoms with E-state index in [0.717, 1.165) is 24.8 Å². The molecule has 0 amide bonds. The molecule has 0 aliphatic rings. The molecule has 0 fully saturated rings. The fourth-order valence-electron chi connectivity index (χ4n) is 1.90. The van der Waals surface area contributed by atoms with Crippen LogP contribution >= 0.6 is 0 Å². The second kappa shape index (κ2) is 8.36. The summed E-state index contributed by atoms with van der Waals surface area (Å²) in [5.74, 6) is 0.816. The highest BCUT2D eigenvalue weighted by atomic mass is 28.4. The third-order valence-corrected chi connectivity index (χ3v) is 5.81. The minimum absolute atomic E-state index is 0.607. The van der Waals surface area contributed by atoms with Gasteiger partial charge in [0.15, 0.2) is 0 Å². The topological polar surface area (TPSA) is 71.3 Å². The number of aromatic nitrogens is 4. The lowest BCUT2D eigenvalue weighted by Crippen LogP contribution is -2.46. The van der Waals surface area contributed by atoms with E-state index in [4.69, 9.17) is 13.3 Å². The normalized spacial score (nSPS) is 12.0. The SMILES string of the molecule is CCO[Si](CCCn1nnnc1C)(OCC)OCC. The van der Waals surface area contributed by atoms with Crippen LogP contribution in [0.5, 0.6) is 0 Å². The molecule has 0 atom stereocenters. The first-order valence-corrected chi connectivity index (χ1v) is 8.75. The Kier molecular flexibility index (Phi) is 7.14. The minimum Gasteiger partial charge on any atom is -0.374 e. The molecule has 1 rings (SSSR count). The predicted octanol–water partition coefficient (Wildman–Crippen LogP) is 1.42. The standard InChI is InChI=1S/C11H24N4O3Si/c1-5-16-19(17-6-2,18-7-3)10-8-9-15-11(4)12-13-14-15/h5-10H2,1-4H3. The van der Waals surface area contributed by atoms with E-state index in [0.29, 0.717) is 19.8 Å². The van der Waals surface area contributed by atoms with Crippen LogP contribution < -0.4 is 0 Å². The van der Waals surface area contributed by atoms with Gasteiger partial charge in [-0.2, -0.15) is 0 Å². The van der Waals surface area contributed by atoms with Crippen molar-refractivity contribution in [2.75, 3.05) is 19.8 Å². The number of aryl methyl sites for hydroxylation is 2. The van der Waals surface area contributed by atoms with Gasteiger partial charge in [-0.25, -0.2) is 4.68 Å². The van der Waals surface area contributed by atoms with Crippen molar-refractivity contribution in [3.8, 4) is 0 Å². The van der Waals surface area contributed by atoms with Crippen LogP contribution in [0.4, 0.5) is 0 Å². The molecule has 110 valence electrons. The van der Waals surface area contributed by atoms with Gasteiger partial charge < -0.3 is 13.3 Å². The monoisotopic (exact) mass is 288 g/mol. The van der Waals surface area contributed by atoms with Gasteiger partial charge in [-0.1, -0.05) is 0 Å². The molecule has 0 saturated heterocycles. The van der Waals surface area contributed by atoms with E-state index in [1.54, 1.807) is 4.68 Å². The maximum absolute atomic E-state index is 5.79. The molecule has 1 heterocycles. The smallest absolute Gasteiger partial charge is 0.374 e. The molecule has 0 N–H and O–H groups in total. The van der Waals surface area contributed by atoms with Crippen molar-refractivity contribution in [3.63, 3.8) is 0 Å². The van der Waals surface area contributed by atoms with E-state index in [1.165, 1.54) is 0 Å². The van der Waals surface area contributed by atoms with Crippen molar-refractivity contribution in [3.05, 3.63) is 5.82 Å². The summed E-state index contributed by atoms with van der Waals surface area (Å²) in [6, 6.07) is 0.780. The summed E-state index contributed by atoms with van der Waals surface area (Å²) < 4.78 is 19.2. The lowest BCUT2D eigenvalue weighted by atomic mass is 10.5. The third-order valence-electron chi connectivity index (χ3n) is 2.66. The van der Waals surface area contributed by atoms with Crippen LogP contribution in [0.1, 0.15) is 33.0 Å². The average molecular weight is 288 g/mol. The lowest BCUT2D eigenvalue weighted by molar-refractivity contribution is 0.0704. The molecule has 0 bridgehead atoms. The zero-order chi connectivity index (χ0) is 14.1. The Labute approximate surface area is 115 Å². The van der Waals surface area contributed by atoms with Gasteiger partial charge >= 0.3 is 8.80 Å². The Bertz CT molecular complexity index is 344. The van der Waals surface area contributed by atoms with Gasteiger partial charge in [-0.3, -0.25) is 0 Å². The zero-order valence-corrected chi connectivity index (χ0v) is 13.3. The first kappa shape index (κ1) is 16.2. The molecule has 0 aliphatic carbocycles. The maximum Gasteiger partial charge on any atom is 0.500 e. The van der Waals surface area contributed by atoms with Gasteiger partial charge in [0.1, 0.15) is 5.82 Å². The quantitative estimate of drug-likeness (QED) is 0.606. The largest absolute Gasteiger partial charge is 0.500 e. The molecule has 0 aliphatic heterocycles. The summed E-state index contributed by atoms with van der Waals surface area (Å²) in [7, 11) is -2.53. The third kappa shape index (κ3) is 4.98. The van der Waals surface area contributed by atoms with Gasteiger partial charge in [-0.15, -0.1) is 5.10 Å². The molecule has 0 radical (unpaired) electrons. The van der Waals surface area contributed by atoms with Crippen LogP contribution in [0.15, 0.2) is 0 Å². The Morgan fingerprint density at radius 2 is 1.63 bits per heavy atom. The second-order valence-corrected chi connectivity index (χ2v) is 6.77. The van der Waals surface area contributed by atoms with Gasteiger partial charge in [0, 0.05) is 32.4 Å². The van der Waals surface area contributed by atoms with Crippen LogP contribution in [0.25, 0.3) is 0 Å². The van der Waals surface area contributed by atoms with E-state index in [1.807, 2.05) is 27.7 Å². The first-order valence-electron chi connectivity index (χ1n) is 6.82. The van der Waals surface area contributed by atoms with Crippen molar-refractivity contribution in [1.82, 2.24) is 20.2 Å². The van der Waals surface area contributed by atoms with E-state index >= 15 is 0 Å². The number of nitrogens with zero attached hydrogens (tertiary/aromatic N) is 4. The Morgan fingerprint density at radius 3 is 2.05 bits per heavy atom. The Balaban J connectivity index is 2.53. The van der Waals surface area contributed by atoms with E-state index in [-0.39, 0.29) is 0 Å². The van der Waals surface area contributed by atoms with Crippen molar-refractivity contribution in [1.29, 1.82) is 0 Å². The van der Waals surface area contributed by atoms with Gasteiger partial charge in [0.25, 0.3) is 0 Å². The summed E-state index contributed by atoms with van der Waals surface area (Å²) in [6.45, 7) is 10.4. The summed E-state index contributed by atoms with van der Waals surface area (Å²) in [6.07, 6.45) is 0.873. The molecular formula is C11H24N4O3Si. The molecule has 7 nitrogen and oxygen atoms in total. The zero-order valence-electron chi connectivity index (χ0n) is 12.3. The molecule has 1 aromatic rings. The van der Waals surface area contributed by atoms with E-state index < -0.39 is 8.80 Å². The van der Waals surface area contributed by atoms with Crippen LogP contribution in [0.3, 0.4) is 0 Å². The molecule has 0 spiro atoms. The number of tetrazole rings is 1. The Morgan fingerprint density at radius 1 is 1.05 bits per heavy atom. The number of hydrogen-bond donors (Lipinski definition) is 0. The van der Waals surface area contributed by atoms with Crippen molar-refractivity contribution < 1.29 is 13.3 Å². The van der Waals surface area contributed by atoms with Crippen LogP contribution in [0.2, 0.25) is 6.04 Å². The van der Waals surface area contributed by atoms with Crippen LogP contribution in [-0.2, 0) is 19.8 Å². The molecule has 0 aromatic carbocycles. The molecule has 8 heteroatoms. The molecule has 0 unspecified atom stereocenters. The summed E-state index contributed by atoms with van der Waals surface area (Å²) >= 11 is 0. The summed E-state index contributed by atoms with van der Waals surface area (Å²) in [4.78, 5) is 0. The average Bonchev–Trinajstić information content (AvgIpc) is 2.76. The maximum atomic E-state index is 5.79. The van der Waals surface area contributed by atoms with Gasteiger partial charge in [-0.05, 0) is 44.5 Å². The van der Waals surface area contributed by atoms with E-state index in [2.05, 4.69) is 15.5 Å². The molecule has 0 saturated carbocycles. The lowest BCUT2D eigenvalue weighted by Gasteiger charge is -2.28. The fraction of sp³-hybridized carbons (Fsp3) is 0.909. The summed E-state index contributed by atoms with van der Waals surface area (Å²) in [5.41, 5.74) is 0. The van der Waals surface area contributed by atoms with Crippen molar-refractivity contribution in [2.24, 2.45) is 0 Å². The first-order chi connectivity index (χ1) is 9.17. The highest BCUT2D eigenvalue weighted by Gasteiger charge is 2.39. The number of hydrogen-bond acceptors (Lipinski definition) is 6. The van der Waals surface area contributed by atoms with Gasteiger partial charge in [0.2, 0.25) is 0 Å². The van der Waals surface area contributed by atoms with Crippen LogP contribution in [-0.4, -0.2) is 48.8 Å². The predicted molar refractivity (Wildman–Crippen MR) is 72.6 cm³/mol. The highest BCUT2D eigenvalue weighted by molar-refractivity contribution is 6.60. The Hall–Kier alpha value is -0.833. The molecule has 19 heavy (non-hydrogen) atoms.